The minimum atomic E-state index is -3.61. The van der Waals surface area contributed by atoms with Gasteiger partial charge >= 0.3 is 0 Å². The third kappa shape index (κ3) is 5.15. The second-order valence-electron chi connectivity index (χ2n) is 6.08. The van der Waals surface area contributed by atoms with Gasteiger partial charge < -0.3 is 5.32 Å². The molecule has 1 saturated carbocycles. The number of nitrogens with one attached hydrogen (secondary N) is 4. The lowest BCUT2D eigenvalue weighted by atomic mass is 10.1. The zero-order valence-electron chi connectivity index (χ0n) is 13.8. The summed E-state index contributed by atoms with van der Waals surface area (Å²) in [6.07, 6.45) is 1.70. The van der Waals surface area contributed by atoms with Crippen molar-refractivity contribution in [1.29, 1.82) is 0 Å². The van der Waals surface area contributed by atoms with Crippen LogP contribution in [-0.2, 0) is 10.0 Å². The van der Waals surface area contributed by atoms with Crippen LogP contribution >= 0.6 is 12.2 Å². The number of sulfonamides is 1. The first kappa shape index (κ1) is 18.6. The van der Waals surface area contributed by atoms with Crippen molar-refractivity contribution in [2.75, 3.05) is 0 Å². The number of aryl methyl sites for hydroxylation is 1. The average molecular weight is 371 g/mol. The summed E-state index contributed by atoms with van der Waals surface area (Å²) in [5.74, 6) is -0.455. The highest BCUT2D eigenvalue weighted by molar-refractivity contribution is 7.89. The van der Waals surface area contributed by atoms with E-state index in [1.807, 2.05) is 13.8 Å². The fourth-order valence-corrected chi connectivity index (χ4v) is 3.60. The molecule has 1 amide bonds. The molecule has 0 saturated heterocycles. The first-order chi connectivity index (χ1) is 11.2. The fraction of sp³-hybridized carbons (Fsp3) is 0.467. The topological polar surface area (TPSA) is 99.3 Å². The van der Waals surface area contributed by atoms with Gasteiger partial charge in [0.25, 0.3) is 5.91 Å². The predicted octanol–water partition coefficient (Wildman–Crippen LogP) is 0.953. The molecular formula is C15H22N4O3S2. The Kier molecular flexibility index (Phi) is 5.79. The number of rotatable bonds is 5. The molecule has 0 spiro atoms. The quantitative estimate of drug-likeness (QED) is 0.455. The number of hydrazine groups is 1. The van der Waals surface area contributed by atoms with Crippen LogP contribution in [0.4, 0.5) is 0 Å². The third-order valence-corrected chi connectivity index (χ3v) is 5.11. The van der Waals surface area contributed by atoms with Crippen LogP contribution in [0.5, 0.6) is 0 Å². The first-order valence-corrected chi connectivity index (χ1v) is 9.58. The summed E-state index contributed by atoms with van der Waals surface area (Å²) in [5.41, 5.74) is 6.01. The lowest BCUT2D eigenvalue weighted by Gasteiger charge is -2.15. The van der Waals surface area contributed by atoms with Crippen molar-refractivity contribution >= 4 is 33.3 Å². The van der Waals surface area contributed by atoms with E-state index in [1.54, 1.807) is 13.0 Å². The Balaban J connectivity index is 2.10. The Morgan fingerprint density at radius 2 is 1.92 bits per heavy atom. The smallest absolute Gasteiger partial charge is 0.269 e. The molecule has 9 heteroatoms. The van der Waals surface area contributed by atoms with Crippen LogP contribution in [0.3, 0.4) is 0 Å². The van der Waals surface area contributed by atoms with E-state index >= 15 is 0 Å². The number of hydrogen-bond acceptors (Lipinski definition) is 4. The number of carbonyl (C=O) groups excluding carboxylic acids is 1. The SMILES string of the molecule is Cc1ccc(S(=O)(=O)NC2CC2)cc1C(=O)NNC(=S)NC(C)C. The summed E-state index contributed by atoms with van der Waals surface area (Å²) in [5, 5.41) is 3.22. The third-order valence-electron chi connectivity index (χ3n) is 3.37. The van der Waals surface area contributed by atoms with E-state index < -0.39 is 15.9 Å². The van der Waals surface area contributed by atoms with Gasteiger partial charge in [-0.15, -0.1) is 0 Å². The molecule has 0 radical (unpaired) electrons. The van der Waals surface area contributed by atoms with Crippen LogP contribution in [0.15, 0.2) is 23.1 Å². The van der Waals surface area contributed by atoms with Gasteiger partial charge in [0.1, 0.15) is 0 Å². The van der Waals surface area contributed by atoms with Gasteiger partial charge in [0.15, 0.2) is 5.11 Å². The Hall–Kier alpha value is -1.71. The maximum Gasteiger partial charge on any atom is 0.269 e. The second-order valence-corrected chi connectivity index (χ2v) is 8.20. The molecule has 0 aliphatic heterocycles. The van der Waals surface area contributed by atoms with Gasteiger partial charge in [-0.25, -0.2) is 13.1 Å². The van der Waals surface area contributed by atoms with Gasteiger partial charge in [-0.1, -0.05) is 6.07 Å². The molecule has 7 nitrogen and oxygen atoms in total. The van der Waals surface area contributed by atoms with E-state index in [2.05, 4.69) is 20.9 Å². The molecule has 0 atom stereocenters. The van der Waals surface area contributed by atoms with Crippen LogP contribution in [0, 0.1) is 6.92 Å². The molecule has 4 N–H and O–H groups in total. The summed E-state index contributed by atoms with van der Waals surface area (Å²) in [6.45, 7) is 5.58. The molecule has 1 aromatic rings. The largest absolute Gasteiger partial charge is 0.359 e. The van der Waals surface area contributed by atoms with Crippen molar-refractivity contribution in [2.45, 2.75) is 50.6 Å². The molecule has 0 heterocycles. The van der Waals surface area contributed by atoms with Crippen LogP contribution < -0.4 is 20.9 Å². The highest BCUT2D eigenvalue weighted by atomic mass is 32.2. The highest BCUT2D eigenvalue weighted by Crippen LogP contribution is 2.23. The Morgan fingerprint density at radius 3 is 2.50 bits per heavy atom. The number of thiocarbonyl (C=S) groups is 1. The molecule has 1 aliphatic carbocycles. The standard InChI is InChI=1S/C15H22N4O3S2/c1-9(2)16-15(23)18-17-14(20)13-8-12(7-4-10(13)3)24(21,22)19-11-5-6-11/h4,7-9,11,19H,5-6H2,1-3H3,(H,17,20)(H2,16,18,23). The minimum absolute atomic E-state index is 0.00901. The van der Waals surface area contributed by atoms with E-state index in [-0.39, 0.29) is 27.7 Å². The average Bonchev–Trinajstić information content (AvgIpc) is 3.27. The van der Waals surface area contributed by atoms with Crippen LogP contribution in [0.2, 0.25) is 0 Å². The number of amides is 1. The predicted molar refractivity (Wildman–Crippen MR) is 96.0 cm³/mol. The van der Waals surface area contributed by atoms with E-state index in [4.69, 9.17) is 12.2 Å². The van der Waals surface area contributed by atoms with Gasteiger partial charge in [-0.05, 0) is 63.5 Å². The van der Waals surface area contributed by atoms with Crippen LogP contribution in [-0.4, -0.2) is 31.5 Å². The number of hydrogen-bond donors (Lipinski definition) is 4. The molecule has 1 aliphatic rings. The van der Waals surface area contributed by atoms with Crippen molar-refractivity contribution < 1.29 is 13.2 Å². The van der Waals surface area contributed by atoms with E-state index in [0.29, 0.717) is 5.56 Å². The maximum atomic E-state index is 12.3. The maximum absolute atomic E-state index is 12.3. The molecular weight excluding hydrogens is 348 g/mol. The molecule has 24 heavy (non-hydrogen) atoms. The van der Waals surface area contributed by atoms with Gasteiger partial charge in [0.2, 0.25) is 10.0 Å². The minimum Gasteiger partial charge on any atom is -0.359 e. The Labute approximate surface area is 147 Å². The summed E-state index contributed by atoms with van der Waals surface area (Å²) < 4.78 is 27.1. The molecule has 0 unspecified atom stereocenters. The highest BCUT2D eigenvalue weighted by Gasteiger charge is 2.28. The van der Waals surface area contributed by atoms with Gasteiger partial charge in [-0.2, -0.15) is 0 Å². The van der Waals surface area contributed by atoms with Crippen molar-refractivity contribution in [3.8, 4) is 0 Å². The molecule has 132 valence electrons. The van der Waals surface area contributed by atoms with Crippen molar-refractivity contribution in [2.24, 2.45) is 0 Å². The van der Waals surface area contributed by atoms with Crippen molar-refractivity contribution in [3.05, 3.63) is 29.3 Å². The zero-order valence-corrected chi connectivity index (χ0v) is 15.5. The summed E-state index contributed by atoms with van der Waals surface area (Å²) in [6, 6.07) is 4.62. The molecule has 1 fully saturated rings. The van der Waals surface area contributed by atoms with E-state index in [1.165, 1.54) is 12.1 Å². The van der Waals surface area contributed by atoms with Crippen LogP contribution in [0.1, 0.15) is 42.6 Å². The zero-order chi connectivity index (χ0) is 17.9. The Bertz CT molecular complexity index is 743. The second kappa shape index (κ2) is 7.45. The fourth-order valence-electron chi connectivity index (χ4n) is 1.98. The molecule has 0 aromatic heterocycles. The van der Waals surface area contributed by atoms with Crippen molar-refractivity contribution in [3.63, 3.8) is 0 Å². The van der Waals surface area contributed by atoms with E-state index in [0.717, 1.165) is 12.8 Å². The first-order valence-electron chi connectivity index (χ1n) is 7.69. The van der Waals surface area contributed by atoms with Gasteiger partial charge in [0.05, 0.1) is 4.90 Å². The molecule has 2 rings (SSSR count). The monoisotopic (exact) mass is 370 g/mol. The van der Waals surface area contributed by atoms with Gasteiger partial charge in [-0.3, -0.25) is 15.6 Å². The van der Waals surface area contributed by atoms with Crippen molar-refractivity contribution in [1.82, 2.24) is 20.9 Å². The van der Waals surface area contributed by atoms with Gasteiger partial charge in [0, 0.05) is 17.6 Å². The van der Waals surface area contributed by atoms with E-state index in [9.17, 15) is 13.2 Å². The summed E-state index contributed by atoms with van der Waals surface area (Å²) in [4.78, 5) is 12.4. The summed E-state index contributed by atoms with van der Waals surface area (Å²) >= 11 is 5.03. The lowest BCUT2D eigenvalue weighted by Crippen LogP contribution is -2.48. The lowest BCUT2D eigenvalue weighted by molar-refractivity contribution is 0.0942. The normalized spacial score (nSPS) is 14.3. The molecule has 1 aromatic carbocycles. The van der Waals surface area contributed by atoms with Crippen LogP contribution in [0.25, 0.3) is 0 Å². The summed E-state index contributed by atoms with van der Waals surface area (Å²) in [7, 11) is -3.61. The Morgan fingerprint density at radius 1 is 1.25 bits per heavy atom. The number of carbonyl (C=O) groups is 1. The molecule has 0 bridgehead atoms. The number of benzene rings is 1.